The fourth-order valence-corrected chi connectivity index (χ4v) is 3.32. The van der Waals surface area contributed by atoms with Gasteiger partial charge in [-0.25, -0.2) is 0 Å². The van der Waals surface area contributed by atoms with Gasteiger partial charge in [0.05, 0.1) is 11.6 Å². The summed E-state index contributed by atoms with van der Waals surface area (Å²) in [6, 6.07) is 12.5. The number of hydrogen-bond donors (Lipinski definition) is 1. The van der Waals surface area contributed by atoms with Gasteiger partial charge in [0, 0.05) is 37.9 Å². The standard InChI is InChI=1S/C22H24N4O3/c1-16(29-20-6-4-17(13-23)5-7-20)22(28)26-11-8-19(9-12-26)21(27)25-15-18-3-2-10-24-14-18/h2-7,10,14,16,19H,8-9,11-12,15H2,1H3,(H,25,27). The van der Waals surface area contributed by atoms with E-state index in [0.717, 1.165) is 5.56 Å². The summed E-state index contributed by atoms with van der Waals surface area (Å²) in [5.74, 6) is 0.381. The maximum Gasteiger partial charge on any atom is 0.263 e. The molecule has 7 nitrogen and oxygen atoms in total. The Bertz CT molecular complexity index is 869. The van der Waals surface area contributed by atoms with Crippen molar-refractivity contribution in [1.29, 1.82) is 5.26 Å². The minimum atomic E-state index is -0.626. The number of nitrogens with one attached hydrogen (secondary N) is 1. The molecule has 1 aliphatic heterocycles. The maximum atomic E-state index is 12.7. The normalized spacial score (nSPS) is 15.2. The lowest BCUT2D eigenvalue weighted by atomic mass is 9.95. The van der Waals surface area contributed by atoms with Crippen LogP contribution in [0.2, 0.25) is 0 Å². The Morgan fingerprint density at radius 1 is 1.28 bits per heavy atom. The van der Waals surface area contributed by atoms with Gasteiger partial charge in [-0.2, -0.15) is 5.26 Å². The van der Waals surface area contributed by atoms with Gasteiger partial charge < -0.3 is 15.0 Å². The van der Waals surface area contributed by atoms with Gasteiger partial charge in [0.25, 0.3) is 5.91 Å². The molecule has 2 aromatic rings. The van der Waals surface area contributed by atoms with Crippen molar-refractivity contribution >= 4 is 11.8 Å². The molecule has 0 spiro atoms. The highest BCUT2D eigenvalue weighted by atomic mass is 16.5. The summed E-state index contributed by atoms with van der Waals surface area (Å²) >= 11 is 0. The number of piperidine rings is 1. The quantitative estimate of drug-likeness (QED) is 0.814. The smallest absolute Gasteiger partial charge is 0.263 e. The molecule has 1 aliphatic rings. The third-order valence-corrected chi connectivity index (χ3v) is 5.01. The SMILES string of the molecule is CC(Oc1ccc(C#N)cc1)C(=O)N1CCC(C(=O)NCc2cccnc2)CC1. The molecule has 2 heterocycles. The van der Waals surface area contributed by atoms with Crippen LogP contribution in [-0.4, -0.2) is 40.9 Å². The molecule has 0 saturated carbocycles. The predicted octanol–water partition coefficient (Wildman–Crippen LogP) is 2.28. The molecule has 0 radical (unpaired) electrons. The van der Waals surface area contributed by atoms with E-state index in [9.17, 15) is 9.59 Å². The second-order valence-corrected chi connectivity index (χ2v) is 7.07. The lowest BCUT2D eigenvalue weighted by Gasteiger charge is -2.33. The molecule has 1 unspecified atom stereocenters. The van der Waals surface area contributed by atoms with E-state index >= 15 is 0 Å². The monoisotopic (exact) mass is 392 g/mol. The fourth-order valence-electron chi connectivity index (χ4n) is 3.32. The van der Waals surface area contributed by atoms with Crippen LogP contribution < -0.4 is 10.1 Å². The van der Waals surface area contributed by atoms with E-state index in [1.807, 2.05) is 18.2 Å². The van der Waals surface area contributed by atoms with Crippen LogP contribution in [0.25, 0.3) is 0 Å². The number of benzene rings is 1. The van der Waals surface area contributed by atoms with Gasteiger partial charge in [0.2, 0.25) is 5.91 Å². The van der Waals surface area contributed by atoms with Crippen LogP contribution in [0.1, 0.15) is 30.9 Å². The Morgan fingerprint density at radius 2 is 2.00 bits per heavy atom. The van der Waals surface area contributed by atoms with Crippen LogP contribution >= 0.6 is 0 Å². The summed E-state index contributed by atoms with van der Waals surface area (Å²) < 4.78 is 5.70. The maximum absolute atomic E-state index is 12.7. The molecule has 7 heteroatoms. The van der Waals surface area contributed by atoms with Crippen molar-refractivity contribution in [2.24, 2.45) is 5.92 Å². The fraction of sp³-hybridized carbons (Fsp3) is 0.364. The molecule has 0 aliphatic carbocycles. The number of nitriles is 1. The number of nitrogens with zero attached hydrogens (tertiary/aromatic N) is 3. The van der Waals surface area contributed by atoms with E-state index in [-0.39, 0.29) is 17.7 Å². The molecule has 1 N–H and O–H groups in total. The summed E-state index contributed by atoms with van der Waals surface area (Å²) in [5.41, 5.74) is 1.50. The molecular weight excluding hydrogens is 368 g/mol. The van der Waals surface area contributed by atoms with E-state index in [4.69, 9.17) is 10.00 Å². The lowest BCUT2D eigenvalue weighted by molar-refractivity contribution is -0.141. The highest BCUT2D eigenvalue weighted by Crippen LogP contribution is 2.20. The lowest BCUT2D eigenvalue weighted by Crippen LogP contribution is -2.47. The van der Waals surface area contributed by atoms with Gasteiger partial charge in [-0.15, -0.1) is 0 Å². The minimum absolute atomic E-state index is 0.0165. The van der Waals surface area contributed by atoms with Gasteiger partial charge in [0.15, 0.2) is 6.10 Å². The van der Waals surface area contributed by atoms with Crippen molar-refractivity contribution in [3.8, 4) is 11.8 Å². The summed E-state index contributed by atoms with van der Waals surface area (Å²) in [7, 11) is 0. The molecule has 29 heavy (non-hydrogen) atoms. The topological polar surface area (TPSA) is 95.3 Å². The Kier molecular flexibility index (Phi) is 6.80. The number of aromatic nitrogens is 1. The van der Waals surface area contributed by atoms with E-state index < -0.39 is 6.10 Å². The summed E-state index contributed by atoms with van der Waals surface area (Å²) in [6.07, 6.45) is 4.07. The second kappa shape index (κ2) is 9.69. The zero-order valence-corrected chi connectivity index (χ0v) is 16.4. The van der Waals surface area contributed by atoms with Crippen LogP contribution in [-0.2, 0) is 16.1 Å². The number of likely N-dealkylation sites (tertiary alicyclic amines) is 1. The first kappa shape index (κ1) is 20.3. The Hall–Kier alpha value is -3.40. The van der Waals surface area contributed by atoms with E-state index in [1.165, 1.54) is 0 Å². The first-order valence-electron chi connectivity index (χ1n) is 9.69. The molecule has 1 saturated heterocycles. The molecule has 0 bridgehead atoms. The number of hydrogen-bond acceptors (Lipinski definition) is 5. The van der Waals surface area contributed by atoms with E-state index in [2.05, 4.69) is 10.3 Å². The first-order valence-corrected chi connectivity index (χ1v) is 9.69. The third-order valence-electron chi connectivity index (χ3n) is 5.01. The number of carbonyl (C=O) groups is 2. The Labute approximate surface area is 170 Å². The number of pyridine rings is 1. The molecule has 150 valence electrons. The number of ether oxygens (including phenoxy) is 1. The Morgan fingerprint density at radius 3 is 2.62 bits per heavy atom. The molecule has 1 atom stereocenters. The third kappa shape index (κ3) is 5.55. The summed E-state index contributed by atoms with van der Waals surface area (Å²) in [6.45, 7) is 3.24. The average Bonchev–Trinajstić information content (AvgIpc) is 2.78. The predicted molar refractivity (Wildman–Crippen MR) is 107 cm³/mol. The summed E-state index contributed by atoms with van der Waals surface area (Å²) in [5, 5.41) is 11.8. The highest BCUT2D eigenvalue weighted by molar-refractivity contribution is 5.82. The number of amides is 2. The van der Waals surface area contributed by atoms with Gasteiger partial charge in [-0.05, 0) is 55.7 Å². The van der Waals surface area contributed by atoms with Gasteiger partial charge in [-0.1, -0.05) is 6.07 Å². The van der Waals surface area contributed by atoms with Crippen LogP contribution in [0.15, 0.2) is 48.8 Å². The van der Waals surface area contributed by atoms with E-state index in [1.54, 1.807) is 48.5 Å². The second-order valence-electron chi connectivity index (χ2n) is 7.07. The van der Waals surface area contributed by atoms with Gasteiger partial charge in [0.1, 0.15) is 5.75 Å². The Balaban J connectivity index is 1.44. The molecular formula is C22H24N4O3. The highest BCUT2D eigenvalue weighted by Gasteiger charge is 2.30. The largest absolute Gasteiger partial charge is 0.481 e. The number of rotatable bonds is 6. The van der Waals surface area contributed by atoms with Crippen LogP contribution in [0.3, 0.4) is 0 Å². The average molecular weight is 392 g/mol. The molecule has 1 aromatic heterocycles. The van der Waals surface area contributed by atoms with Crippen molar-refractivity contribution in [3.63, 3.8) is 0 Å². The zero-order chi connectivity index (χ0) is 20.6. The van der Waals surface area contributed by atoms with Crippen LogP contribution in [0.5, 0.6) is 5.75 Å². The van der Waals surface area contributed by atoms with Crippen molar-refractivity contribution in [2.45, 2.75) is 32.4 Å². The van der Waals surface area contributed by atoms with Crippen molar-refractivity contribution < 1.29 is 14.3 Å². The minimum Gasteiger partial charge on any atom is -0.481 e. The number of carbonyl (C=O) groups excluding carboxylic acids is 2. The van der Waals surface area contributed by atoms with Crippen molar-refractivity contribution in [1.82, 2.24) is 15.2 Å². The van der Waals surface area contributed by atoms with Crippen molar-refractivity contribution in [3.05, 3.63) is 59.9 Å². The zero-order valence-electron chi connectivity index (χ0n) is 16.4. The van der Waals surface area contributed by atoms with E-state index in [0.29, 0.717) is 43.8 Å². The summed E-state index contributed by atoms with van der Waals surface area (Å²) in [4.78, 5) is 30.8. The van der Waals surface area contributed by atoms with Crippen LogP contribution in [0.4, 0.5) is 0 Å². The first-order chi connectivity index (χ1) is 14.1. The molecule has 1 fully saturated rings. The van der Waals surface area contributed by atoms with Gasteiger partial charge in [-0.3, -0.25) is 14.6 Å². The van der Waals surface area contributed by atoms with Gasteiger partial charge >= 0.3 is 0 Å². The molecule has 2 amide bonds. The molecule has 3 rings (SSSR count). The van der Waals surface area contributed by atoms with Crippen molar-refractivity contribution in [2.75, 3.05) is 13.1 Å². The van der Waals surface area contributed by atoms with Crippen LogP contribution in [0, 0.1) is 17.2 Å². The molecule has 1 aromatic carbocycles.